The van der Waals surface area contributed by atoms with Crippen molar-refractivity contribution in [2.24, 2.45) is 5.73 Å². The zero-order valence-electron chi connectivity index (χ0n) is 12.0. The predicted octanol–water partition coefficient (Wildman–Crippen LogP) is 3.97. The molecule has 0 atom stereocenters. The summed E-state index contributed by atoms with van der Waals surface area (Å²) in [6, 6.07) is 12.0. The second kappa shape index (κ2) is 5.82. The van der Waals surface area contributed by atoms with Gasteiger partial charge in [-0.2, -0.15) is 0 Å². The lowest BCUT2D eigenvalue weighted by Crippen LogP contribution is -2.13. The van der Waals surface area contributed by atoms with Crippen LogP contribution in [0.3, 0.4) is 0 Å². The van der Waals surface area contributed by atoms with Gasteiger partial charge in [0, 0.05) is 4.90 Å². The van der Waals surface area contributed by atoms with Crippen LogP contribution in [0.1, 0.15) is 23.1 Å². The normalized spacial score (nSPS) is 13.0. The van der Waals surface area contributed by atoms with Crippen LogP contribution >= 0.6 is 11.8 Å². The lowest BCUT2D eigenvalue weighted by Gasteiger charge is -2.14. The van der Waals surface area contributed by atoms with E-state index in [0.717, 1.165) is 23.5 Å². The van der Waals surface area contributed by atoms with Gasteiger partial charge in [-0.3, -0.25) is 5.41 Å². The number of benzene rings is 2. The summed E-state index contributed by atoms with van der Waals surface area (Å²) in [5, 5.41) is 7.79. The van der Waals surface area contributed by atoms with Gasteiger partial charge >= 0.3 is 0 Å². The van der Waals surface area contributed by atoms with Crippen molar-refractivity contribution < 1.29 is 4.74 Å². The van der Waals surface area contributed by atoms with E-state index in [4.69, 9.17) is 15.9 Å². The van der Waals surface area contributed by atoms with Gasteiger partial charge in [-0.05, 0) is 60.9 Å². The van der Waals surface area contributed by atoms with Crippen LogP contribution in [0.2, 0.25) is 0 Å². The molecule has 0 heterocycles. The zero-order chi connectivity index (χ0) is 14.8. The lowest BCUT2D eigenvalue weighted by atomic mass is 10.1. The Kier molecular flexibility index (Phi) is 3.88. The van der Waals surface area contributed by atoms with E-state index >= 15 is 0 Å². The Hall–Kier alpha value is -1.94. The van der Waals surface area contributed by atoms with Gasteiger partial charge in [0.2, 0.25) is 0 Å². The van der Waals surface area contributed by atoms with Crippen molar-refractivity contribution in [3.05, 3.63) is 53.1 Å². The van der Waals surface area contributed by atoms with Gasteiger partial charge < -0.3 is 10.5 Å². The highest BCUT2D eigenvalue weighted by atomic mass is 32.2. The number of nitrogens with one attached hydrogen (secondary N) is 1. The number of fused-ring (bicyclic) bond motifs is 1. The number of thioether (sulfide) groups is 1. The van der Waals surface area contributed by atoms with E-state index in [1.807, 2.05) is 30.5 Å². The molecule has 0 saturated carbocycles. The van der Waals surface area contributed by atoms with E-state index in [1.54, 1.807) is 11.8 Å². The quantitative estimate of drug-likeness (QED) is 0.510. The van der Waals surface area contributed by atoms with Crippen LogP contribution in [0, 0.1) is 5.41 Å². The average Bonchev–Trinajstić information content (AvgIpc) is 2.94. The van der Waals surface area contributed by atoms with Crippen molar-refractivity contribution in [1.29, 1.82) is 5.41 Å². The SMILES string of the molecule is CSc1cccc(Oc2ccc3c(c2)CCC3)c1C(=N)N. The fourth-order valence-corrected chi connectivity index (χ4v) is 3.40. The van der Waals surface area contributed by atoms with Gasteiger partial charge in [0.05, 0.1) is 5.56 Å². The molecule has 0 aliphatic heterocycles. The van der Waals surface area contributed by atoms with E-state index in [-0.39, 0.29) is 5.84 Å². The molecule has 1 aliphatic carbocycles. The Morgan fingerprint density at radius 3 is 2.76 bits per heavy atom. The molecule has 3 rings (SSSR count). The molecule has 3 nitrogen and oxygen atoms in total. The smallest absolute Gasteiger partial charge is 0.139 e. The number of nitrogen functional groups attached to an aromatic ring is 1. The minimum Gasteiger partial charge on any atom is -0.457 e. The molecule has 0 spiro atoms. The molecular formula is C17H18N2OS. The van der Waals surface area contributed by atoms with E-state index in [2.05, 4.69) is 12.1 Å². The molecule has 0 bridgehead atoms. The van der Waals surface area contributed by atoms with Crippen molar-refractivity contribution in [2.75, 3.05) is 6.26 Å². The first-order valence-electron chi connectivity index (χ1n) is 7.00. The van der Waals surface area contributed by atoms with Crippen molar-refractivity contribution in [1.82, 2.24) is 0 Å². The van der Waals surface area contributed by atoms with E-state index in [9.17, 15) is 0 Å². The van der Waals surface area contributed by atoms with Crippen LogP contribution in [0.5, 0.6) is 11.5 Å². The van der Waals surface area contributed by atoms with E-state index in [0.29, 0.717) is 11.3 Å². The molecule has 0 unspecified atom stereocenters. The third-order valence-electron chi connectivity index (χ3n) is 3.78. The fourth-order valence-electron chi connectivity index (χ4n) is 2.77. The summed E-state index contributed by atoms with van der Waals surface area (Å²) in [5.74, 6) is 1.50. The van der Waals surface area contributed by atoms with Crippen LogP contribution in [0.15, 0.2) is 41.3 Å². The summed E-state index contributed by atoms with van der Waals surface area (Å²) in [6.45, 7) is 0. The maximum atomic E-state index is 7.79. The van der Waals surface area contributed by atoms with Gasteiger partial charge in [0.1, 0.15) is 17.3 Å². The van der Waals surface area contributed by atoms with Crippen molar-refractivity contribution in [3.8, 4) is 11.5 Å². The van der Waals surface area contributed by atoms with Crippen LogP contribution in [0.25, 0.3) is 0 Å². The summed E-state index contributed by atoms with van der Waals surface area (Å²) in [5.41, 5.74) is 9.19. The summed E-state index contributed by atoms with van der Waals surface area (Å²) in [7, 11) is 0. The minimum atomic E-state index is 0.0381. The first-order chi connectivity index (χ1) is 10.2. The third-order valence-corrected chi connectivity index (χ3v) is 4.56. The maximum absolute atomic E-state index is 7.79. The number of hydrogen-bond donors (Lipinski definition) is 2. The molecule has 0 aromatic heterocycles. The fraction of sp³-hybridized carbons (Fsp3) is 0.235. The molecule has 0 radical (unpaired) electrons. The van der Waals surface area contributed by atoms with Crippen molar-refractivity contribution in [3.63, 3.8) is 0 Å². The van der Waals surface area contributed by atoms with Crippen LogP contribution in [-0.4, -0.2) is 12.1 Å². The molecule has 3 N–H and O–H groups in total. The topological polar surface area (TPSA) is 59.1 Å². The Morgan fingerprint density at radius 2 is 2.00 bits per heavy atom. The van der Waals surface area contributed by atoms with Gasteiger partial charge in [-0.15, -0.1) is 11.8 Å². The molecule has 0 amide bonds. The molecule has 0 fully saturated rings. The number of hydrogen-bond acceptors (Lipinski definition) is 3. The molecule has 21 heavy (non-hydrogen) atoms. The Labute approximate surface area is 129 Å². The second-order valence-corrected chi connectivity index (χ2v) is 5.98. The highest BCUT2D eigenvalue weighted by Crippen LogP contribution is 2.33. The van der Waals surface area contributed by atoms with E-state index in [1.165, 1.54) is 17.5 Å². The summed E-state index contributed by atoms with van der Waals surface area (Å²) in [6.07, 6.45) is 5.48. The number of rotatable bonds is 4. The van der Waals surface area contributed by atoms with Gasteiger partial charge in [-0.25, -0.2) is 0 Å². The molecule has 2 aromatic rings. The van der Waals surface area contributed by atoms with Crippen molar-refractivity contribution >= 4 is 17.6 Å². The first kappa shape index (κ1) is 14.0. The van der Waals surface area contributed by atoms with Gasteiger partial charge in [-0.1, -0.05) is 12.1 Å². The largest absolute Gasteiger partial charge is 0.457 e. The Bertz CT molecular complexity index is 697. The van der Waals surface area contributed by atoms with Gasteiger partial charge in [0.15, 0.2) is 0 Å². The summed E-state index contributed by atoms with van der Waals surface area (Å²) in [4.78, 5) is 0.959. The Balaban J connectivity index is 1.96. The maximum Gasteiger partial charge on any atom is 0.139 e. The zero-order valence-corrected chi connectivity index (χ0v) is 12.8. The average molecular weight is 298 g/mol. The van der Waals surface area contributed by atoms with Crippen LogP contribution in [0.4, 0.5) is 0 Å². The highest BCUT2D eigenvalue weighted by molar-refractivity contribution is 7.98. The minimum absolute atomic E-state index is 0.0381. The Morgan fingerprint density at radius 1 is 1.19 bits per heavy atom. The monoisotopic (exact) mass is 298 g/mol. The molecular weight excluding hydrogens is 280 g/mol. The second-order valence-electron chi connectivity index (χ2n) is 5.13. The lowest BCUT2D eigenvalue weighted by molar-refractivity contribution is 0.479. The van der Waals surface area contributed by atoms with Crippen molar-refractivity contribution in [2.45, 2.75) is 24.2 Å². The van der Waals surface area contributed by atoms with Crippen LogP contribution in [-0.2, 0) is 12.8 Å². The summed E-state index contributed by atoms with van der Waals surface area (Å²) < 4.78 is 6.00. The number of amidine groups is 1. The first-order valence-corrected chi connectivity index (χ1v) is 8.22. The predicted molar refractivity (Wildman–Crippen MR) is 87.8 cm³/mol. The van der Waals surface area contributed by atoms with Gasteiger partial charge in [0.25, 0.3) is 0 Å². The highest BCUT2D eigenvalue weighted by Gasteiger charge is 2.15. The summed E-state index contributed by atoms with van der Waals surface area (Å²) >= 11 is 1.57. The number of nitrogens with two attached hydrogens (primary N) is 1. The molecule has 4 heteroatoms. The molecule has 2 aromatic carbocycles. The molecule has 0 saturated heterocycles. The standard InChI is InChI=1S/C17H18N2OS/c1-21-15-7-3-6-14(16(15)17(18)19)20-13-9-8-11-4-2-5-12(11)10-13/h3,6-10H,2,4-5H2,1H3,(H3,18,19). The number of aryl methyl sites for hydroxylation is 2. The number of ether oxygens (including phenoxy) is 1. The third kappa shape index (κ3) is 2.76. The van der Waals surface area contributed by atoms with E-state index < -0.39 is 0 Å². The molecule has 1 aliphatic rings. The van der Waals surface area contributed by atoms with Crippen LogP contribution < -0.4 is 10.5 Å². The molecule has 108 valence electrons.